The number of carbonyl (C=O) groups excluding carboxylic acids is 1. The molecule has 1 unspecified atom stereocenters. The Labute approximate surface area is 155 Å². The monoisotopic (exact) mass is 349 g/mol. The summed E-state index contributed by atoms with van der Waals surface area (Å²) in [6, 6.07) is 19.2. The first-order valence-corrected chi connectivity index (χ1v) is 9.73. The predicted molar refractivity (Wildman–Crippen MR) is 107 cm³/mol. The Morgan fingerprint density at radius 3 is 2.38 bits per heavy atom. The zero-order valence-corrected chi connectivity index (χ0v) is 15.2. The molecule has 0 aliphatic carbocycles. The van der Waals surface area contributed by atoms with E-state index < -0.39 is 0 Å². The predicted octanol–water partition coefficient (Wildman–Crippen LogP) is 4.06. The fourth-order valence-electron chi connectivity index (χ4n) is 4.18. The summed E-state index contributed by atoms with van der Waals surface area (Å²) in [6.07, 6.45) is 4.83. The molecular weight excluding hydrogens is 322 g/mol. The van der Waals surface area contributed by atoms with E-state index in [1.807, 2.05) is 18.2 Å². The molecule has 1 atom stereocenters. The second-order valence-electron chi connectivity index (χ2n) is 7.33. The minimum absolute atomic E-state index is 0.0711. The molecule has 136 valence electrons. The van der Waals surface area contributed by atoms with Crippen LogP contribution in [0.3, 0.4) is 0 Å². The molecule has 0 bridgehead atoms. The van der Waals surface area contributed by atoms with Crippen LogP contribution < -0.4 is 10.2 Å². The zero-order chi connectivity index (χ0) is 17.8. The number of hydrogen-bond acceptors (Lipinski definition) is 3. The zero-order valence-electron chi connectivity index (χ0n) is 15.2. The van der Waals surface area contributed by atoms with E-state index in [9.17, 15) is 4.79 Å². The Balaban J connectivity index is 1.34. The van der Waals surface area contributed by atoms with Gasteiger partial charge in [-0.1, -0.05) is 30.3 Å². The van der Waals surface area contributed by atoms with Gasteiger partial charge in [-0.15, -0.1) is 0 Å². The fraction of sp³-hybridized carbons (Fsp3) is 0.409. The number of rotatable bonds is 5. The van der Waals surface area contributed by atoms with Crippen LogP contribution in [0.4, 0.5) is 11.4 Å². The Hall–Kier alpha value is -2.33. The first kappa shape index (κ1) is 17.1. The third kappa shape index (κ3) is 3.91. The molecule has 0 spiro atoms. The highest BCUT2D eigenvalue weighted by molar-refractivity contribution is 5.92. The fourth-order valence-corrected chi connectivity index (χ4v) is 4.18. The van der Waals surface area contributed by atoms with Crippen LogP contribution in [0.2, 0.25) is 0 Å². The van der Waals surface area contributed by atoms with Crippen LogP contribution in [-0.4, -0.2) is 37.0 Å². The van der Waals surface area contributed by atoms with Gasteiger partial charge in [0.1, 0.15) is 0 Å². The Kier molecular flexibility index (Phi) is 5.21. The van der Waals surface area contributed by atoms with Gasteiger partial charge in [0, 0.05) is 30.5 Å². The largest absolute Gasteiger partial charge is 0.372 e. The highest BCUT2D eigenvalue weighted by Crippen LogP contribution is 2.31. The number of nitrogens with one attached hydrogen (secondary N) is 1. The highest BCUT2D eigenvalue weighted by atomic mass is 16.2. The van der Waals surface area contributed by atoms with Gasteiger partial charge in [-0.3, -0.25) is 9.69 Å². The van der Waals surface area contributed by atoms with Crippen molar-refractivity contribution >= 4 is 17.3 Å². The third-order valence-corrected chi connectivity index (χ3v) is 5.52. The van der Waals surface area contributed by atoms with Gasteiger partial charge in [-0.05, 0) is 62.1 Å². The van der Waals surface area contributed by atoms with E-state index in [1.165, 1.54) is 24.1 Å². The average molecular weight is 349 g/mol. The van der Waals surface area contributed by atoms with Gasteiger partial charge in [0.25, 0.3) is 0 Å². The van der Waals surface area contributed by atoms with Crippen LogP contribution >= 0.6 is 0 Å². The van der Waals surface area contributed by atoms with Crippen LogP contribution in [0, 0.1) is 0 Å². The van der Waals surface area contributed by atoms with E-state index in [0.717, 1.165) is 38.2 Å². The number of anilines is 2. The summed E-state index contributed by atoms with van der Waals surface area (Å²) in [6.45, 7) is 3.72. The van der Waals surface area contributed by atoms with Crippen LogP contribution in [0.1, 0.15) is 37.3 Å². The molecule has 0 saturated carbocycles. The molecule has 2 aliphatic heterocycles. The second kappa shape index (κ2) is 7.92. The van der Waals surface area contributed by atoms with Crippen molar-refractivity contribution < 1.29 is 4.79 Å². The Morgan fingerprint density at radius 1 is 0.923 bits per heavy atom. The first-order valence-electron chi connectivity index (χ1n) is 9.73. The van der Waals surface area contributed by atoms with Crippen molar-refractivity contribution in [1.82, 2.24) is 4.90 Å². The summed E-state index contributed by atoms with van der Waals surface area (Å²) >= 11 is 0. The van der Waals surface area contributed by atoms with Gasteiger partial charge in [0.15, 0.2) is 0 Å². The topological polar surface area (TPSA) is 35.6 Å². The quantitative estimate of drug-likeness (QED) is 0.884. The second-order valence-corrected chi connectivity index (χ2v) is 7.33. The molecule has 2 aromatic rings. The molecule has 1 N–H and O–H groups in total. The maximum Gasteiger partial charge on any atom is 0.238 e. The number of benzene rings is 2. The number of likely N-dealkylation sites (tertiary alicyclic amines) is 1. The molecule has 2 heterocycles. The van der Waals surface area contributed by atoms with Crippen molar-refractivity contribution in [1.29, 1.82) is 0 Å². The van der Waals surface area contributed by atoms with Crippen LogP contribution in [0.25, 0.3) is 0 Å². The lowest BCUT2D eigenvalue weighted by molar-refractivity contribution is -0.117. The van der Waals surface area contributed by atoms with Gasteiger partial charge >= 0.3 is 0 Å². The Bertz CT molecular complexity index is 723. The Morgan fingerprint density at radius 2 is 1.65 bits per heavy atom. The lowest BCUT2D eigenvalue weighted by Crippen LogP contribution is -2.32. The van der Waals surface area contributed by atoms with Gasteiger partial charge in [-0.25, -0.2) is 0 Å². The molecule has 2 aromatic carbocycles. The first-order chi connectivity index (χ1) is 12.8. The molecule has 4 rings (SSSR count). The SMILES string of the molecule is O=C(CN1CCCC1c1ccccc1)Nc1ccc(N2CCCC2)cc1. The van der Waals surface area contributed by atoms with Crippen LogP contribution in [0.5, 0.6) is 0 Å². The lowest BCUT2D eigenvalue weighted by atomic mass is 10.0. The van der Waals surface area contributed by atoms with Crippen molar-refractivity contribution in [3.05, 3.63) is 60.2 Å². The van der Waals surface area contributed by atoms with Gasteiger partial charge in [0.05, 0.1) is 6.54 Å². The average Bonchev–Trinajstić information content (AvgIpc) is 3.35. The van der Waals surface area contributed by atoms with E-state index in [4.69, 9.17) is 0 Å². The summed E-state index contributed by atoms with van der Waals surface area (Å²) in [7, 11) is 0. The molecule has 2 aliphatic rings. The molecule has 4 heteroatoms. The minimum Gasteiger partial charge on any atom is -0.372 e. The number of hydrogen-bond donors (Lipinski definition) is 1. The van der Waals surface area contributed by atoms with E-state index in [-0.39, 0.29) is 5.91 Å². The standard InChI is InChI=1S/C22H27N3O/c26-22(17-25-16-6-9-21(25)18-7-2-1-3-8-18)23-19-10-12-20(13-11-19)24-14-4-5-15-24/h1-3,7-8,10-13,21H,4-6,9,14-17H2,(H,23,26). The van der Waals surface area contributed by atoms with Crippen molar-refractivity contribution in [2.75, 3.05) is 36.4 Å². The summed E-state index contributed by atoms with van der Waals surface area (Å²) in [5, 5.41) is 3.06. The molecule has 26 heavy (non-hydrogen) atoms. The molecule has 4 nitrogen and oxygen atoms in total. The van der Waals surface area contributed by atoms with E-state index in [1.54, 1.807) is 0 Å². The maximum atomic E-state index is 12.5. The summed E-state index contributed by atoms with van der Waals surface area (Å²) in [5.74, 6) is 0.0711. The third-order valence-electron chi connectivity index (χ3n) is 5.52. The van der Waals surface area contributed by atoms with Crippen molar-refractivity contribution in [3.63, 3.8) is 0 Å². The van der Waals surface area contributed by atoms with E-state index >= 15 is 0 Å². The molecule has 1 amide bonds. The number of amides is 1. The number of nitrogens with zero attached hydrogens (tertiary/aromatic N) is 2. The van der Waals surface area contributed by atoms with Crippen LogP contribution in [0.15, 0.2) is 54.6 Å². The maximum absolute atomic E-state index is 12.5. The minimum atomic E-state index is 0.0711. The van der Waals surface area contributed by atoms with Crippen molar-refractivity contribution in [2.24, 2.45) is 0 Å². The van der Waals surface area contributed by atoms with E-state index in [2.05, 4.69) is 51.5 Å². The van der Waals surface area contributed by atoms with Gasteiger partial charge < -0.3 is 10.2 Å². The van der Waals surface area contributed by atoms with Crippen molar-refractivity contribution in [2.45, 2.75) is 31.7 Å². The van der Waals surface area contributed by atoms with Crippen molar-refractivity contribution in [3.8, 4) is 0 Å². The molecule has 2 fully saturated rings. The van der Waals surface area contributed by atoms with Gasteiger partial charge in [-0.2, -0.15) is 0 Å². The normalized spacial score (nSPS) is 20.5. The molecule has 0 aromatic heterocycles. The van der Waals surface area contributed by atoms with Gasteiger partial charge in [0.2, 0.25) is 5.91 Å². The number of carbonyl (C=O) groups is 1. The van der Waals surface area contributed by atoms with E-state index in [0.29, 0.717) is 12.6 Å². The summed E-state index contributed by atoms with van der Waals surface area (Å²) in [5.41, 5.74) is 3.45. The molecule has 0 radical (unpaired) electrons. The summed E-state index contributed by atoms with van der Waals surface area (Å²) in [4.78, 5) is 17.2. The molecule has 2 saturated heterocycles. The smallest absolute Gasteiger partial charge is 0.238 e. The highest BCUT2D eigenvalue weighted by Gasteiger charge is 2.27. The summed E-state index contributed by atoms with van der Waals surface area (Å²) < 4.78 is 0. The van der Waals surface area contributed by atoms with Crippen LogP contribution in [-0.2, 0) is 4.79 Å². The molecular formula is C22H27N3O. The lowest BCUT2D eigenvalue weighted by Gasteiger charge is -2.24.